The lowest BCUT2D eigenvalue weighted by Gasteiger charge is -2.38. The first-order valence-electron chi connectivity index (χ1n) is 7.44. The summed E-state index contributed by atoms with van der Waals surface area (Å²) in [5.41, 5.74) is 0.917. The van der Waals surface area contributed by atoms with Crippen molar-refractivity contribution in [2.45, 2.75) is 31.8 Å². The third kappa shape index (κ3) is 2.71. The summed E-state index contributed by atoms with van der Waals surface area (Å²) in [6, 6.07) is 1.86. The SMILES string of the molecule is CCc1cncc(C(=O)N2CCCC(O)(c3cn[nH]n3)C2)c1. The molecule has 22 heavy (non-hydrogen) atoms. The van der Waals surface area contributed by atoms with Crippen LogP contribution in [0.4, 0.5) is 0 Å². The van der Waals surface area contributed by atoms with Crippen LogP contribution in [0.15, 0.2) is 24.7 Å². The first-order valence-corrected chi connectivity index (χ1v) is 7.44. The smallest absolute Gasteiger partial charge is 0.255 e. The molecule has 1 aliphatic heterocycles. The van der Waals surface area contributed by atoms with Gasteiger partial charge in [-0.1, -0.05) is 6.92 Å². The molecule has 7 nitrogen and oxygen atoms in total. The van der Waals surface area contributed by atoms with Gasteiger partial charge in [0.15, 0.2) is 0 Å². The third-order valence-electron chi connectivity index (χ3n) is 4.10. The van der Waals surface area contributed by atoms with Crippen molar-refractivity contribution in [3.8, 4) is 0 Å². The Labute approximate surface area is 128 Å². The Bertz CT molecular complexity index is 658. The Morgan fingerprint density at radius 1 is 1.45 bits per heavy atom. The van der Waals surface area contributed by atoms with Gasteiger partial charge in [0.1, 0.15) is 11.3 Å². The van der Waals surface area contributed by atoms with Gasteiger partial charge in [-0.05, 0) is 30.9 Å². The zero-order valence-corrected chi connectivity index (χ0v) is 12.5. The summed E-state index contributed by atoms with van der Waals surface area (Å²) in [5, 5.41) is 21.0. The van der Waals surface area contributed by atoms with E-state index >= 15 is 0 Å². The van der Waals surface area contributed by atoms with E-state index in [-0.39, 0.29) is 12.5 Å². The number of carbonyl (C=O) groups excluding carboxylic acids is 1. The van der Waals surface area contributed by atoms with Gasteiger partial charge in [0.25, 0.3) is 5.91 Å². The lowest BCUT2D eigenvalue weighted by atomic mass is 9.89. The lowest BCUT2D eigenvalue weighted by molar-refractivity contribution is -0.0320. The Hall–Kier alpha value is -2.28. The second kappa shape index (κ2) is 5.84. The summed E-state index contributed by atoms with van der Waals surface area (Å²) in [6.07, 6.45) is 6.96. The first-order chi connectivity index (χ1) is 10.6. The van der Waals surface area contributed by atoms with E-state index in [2.05, 4.69) is 20.4 Å². The summed E-state index contributed by atoms with van der Waals surface area (Å²) < 4.78 is 0. The topological polar surface area (TPSA) is 95.0 Å². The first kappa shape index (κ1) is 14.6. The van der Waals surface area contributed by atoms with Gasteiger partial charge in [0.05, 0.1) is 18.3 Å². The Balaban J connectivity index is 1.81. The largest absolute Gasteiger partial charge is 0.382 e. The number of carbonyl (C=O) groups is 1. The van der Waals surface area contributed by atoms with Crippen LogP contribution in [0, 0.1) is 0 Å². The van der Waals surface area contributed by atoms with Crippen LogP contribution in [0.25, 0.3) is 0 Å². The Morgan fingerprint density at radius 2 is 2.32 bits per heavy atom. The van der Waals surface area contributed by atoms with E-state index in [1.165, 1.54) is 6.20 Å². The standard InChI is InChI=1S/C15H19N5O2/c1-2-11-6-12(8-16-7-11)14(21)20-5-3-4-15(22,10-20)13-9-17-19-18-13/h6-9,22H,2-5,10H2,1H3,(H,17,18,19). The fourth-order valence-electron chi connectivity index (χ4n) is 2.82. The van der Waals surface area contributed by atoms with Crippen molar-refractivity contribution in [2.24, 2.45) is 0 Å². The fraction of sp³-hybridized carbons (Fsp3) is 0.467. The molecule has 1 unspecified atom stereocenters. The van der Waals surface area contributed by atoms with Gasteiger partial charge >= 0.3 is 0 Å². The molecule has 0 aliphatic carbocycles. The molecule has 7 heteroatoms. The van der Waals surface area contributed by atoms with E-state index in [1.807, 2.05) is 13.0 Å². The van der Waals surface area contributed by atoms with E-state index in [9.17, 15) is 9.90 Å². The average Bonchev–Trinajstić information content (AvgIpc) is 3.09. The van der Waals surface area contributed by atoms with Crippen molar-refractivity contribution in [1.29, 1.82) is 0 Å². The number of piperidine rings is 1. The molecule has 3 rings (SSSR count). The minimum atomic E-state index is -1.14. The lowest BCUT2D eigenvalue weighted by Crippen LogP contribution is -2.48. The predicted molar refractivity (Wildman–Crippen MR) is 79.0 cm³/mol. The maximum Gasteiger partial charge on any atom is 0.255 e. The monoisotopic (exact) mass is 301 g/mol. The van der Waals surface area contributed by atoms with Crippen LogP contribution in [0.2, 0.25) is 0 Å². The van der Waals surface area contributed by atoms with Gasteiger partial charge in [-0.25, -0.2) is 0 Å². The number of β-amino-alcohol motifs (C(OH)–C–C–N with tert-alkyl or cyclic N) is 1. The van der Waals surface area contributed by atoms with Crippen molar-refractivity contribution in [2.75, 3.05) is 13.1 Å². The molecule has 1 saturated heterocycles. The van der Waals surface area contributed by atoms with Crippen LogP contribution in [0.3, 0.4) is 0 Å². The minimum absolute atomic E-state index is 0.107. The zero-order chi connectivity index (χ0) is 15.6. The van der Waals surface area contributed by atoms with Crippen LogP contribution < -0.4 is 0 Å². The van der Waals surface area contributed by atoms with Gasteiger partial charge < -0.3 is 10.0 Å². The molecular weight excluding hydrogens is 282 g/mol. The van der Waals surface area contributed by atoms with Gasteiger partial charge in [-0.2, -0.15) is 15.4 Å². The van der Waals surface area contributed by atoms with Crippen molar-refractivity contribution in [3.05, 3.63) is 41.5 Å². The highest BCUT2D eigenvalue weighted by Crippen LogP contribution is 2.30. The second-order valence-electron chi connectivity index (χ2n) is 5.65. The molecule has 3 heterocycles. The minimum Gasteiger partial charge on any atom is -0.382 e. The van der Waals surface area contributed by atoms with Gasteiger partial charge in [-0.3, -0.25) is 9.78 Å². The molecule has 0 bridgehead atoms. The van der Waals surface area contributed by atoms with E-state index in [0.717, 1.165) is 18.4 Å². The summed E-state index contributed by atoms with van der Waals surface area (Å²) in [6.45, 7) is 2.86. The molecule has 0 spiro atoms. The van der Waals surface area contributed by atoms with Crippen LogP contribution in [0.5, 0.6) is 0 Å². The van der Waals surface area contributed by atoms with E-state index in [4.69, 9.17) is 0 Å². The van der Waals surface area contributed by atoms with Crippen LogP contribution in [-0.2, 0) is 12.0 Å². The number of rotatable bonds is 3. The molecule has 0 saturated carbocycles. The number of aliphatic hydroxyl groups is 1. The number of likely N-dealkylation sites (tertiary alicyclic amines) is 1. The maximum absolute atomic E-state index is 12.7. The predicted octanol–water partition coefficient (Wildman–Crippen LogP) is 0.886. The van der Waals surface area contributed by atoms with Crippen LogP contribution >= 0.6 is 0 Å². The van der Waals surface area contributed by atoms with Crippen molar-refractivity contribution in [1.82, 2.24) is 25.3 Å². The number of aryl methyl sites for hydroxylation is 1. The fourth-order valence-corrected chi connectivity index (χ4v) is 2.82. The molecule has 116 valence electrons. The maximum atomic E-state index is 12.7. The summed E-state index contributed by atoms with van der Waals surface area (Å²) in [7, 11) is 0. The van der Waals surface area contributed by atoms with Gasteiger partial charge in [-0.15, -0.1) is 0 Å². The average molecular weight is 301 g/mol. The van der Waals surface area contributed by atoms with Gasteiger partial charge in [0, 0.05) is 18.9 Å². The quantitative estimate of drug-likeness (QED) is 0.877. The molecule has 2 aromatic heterocycles. The normalized spacial score (nSPS) is 21.8. The number of hydrogen-bond acceptors (Lipinski definition) is 5. The zero-order valence-electron chi connectivity index (χ0n) is 12.5. The second-order valence-corrected chi connectivity index (χ2v) is 5.65. The molecular formula is C15H19N5O2. The van der Waals surface area contributed by atoms with E-state index in [1.54, 1.807) is 17.3 Å². The molecule has 0 radical (unpaired) electrons. The van der Waals surface area contributed by atoms with Crippen molar-refractivity contribution < 1.29 is 9.90 Å². The Morgan fingerprint density at radius 3 is 3.05 bits per heavy atom. The highest BCUT2D eigenvalue weighted by atomic mass is 16.3. The van der Waals surface area contributed by atoms with Crippen molar-refractivity contribution >= 4 is 5.91 Å². The summed E-state index contributed by atoms with van der Waals surface area (Å²) in [4.78, 5) is 18.4. The molecule has 1 aliphatic rings. The number of H-pyrrole nitrogens is 1. The molecule has 2 N–H and O–H groups in total. The number of aromatic amines is 1. The molecule has 2 aromatic rings. The number of amides is 1. The number of pyridine rings is 1. The van der Waals surface area contributed by atoms with Gasteiger partial charge in [0.2, 0.25) is 0 Å². The number of aromatic nitrogens is 4. The van der Waals surface area contributed by atoms with E-state index < -0.39 is 5.60 Å². The van der Waals surface area contributed by atoms with Crippen molar-refractivity contribution in [3.63, 3.8) is 0 Å². The Kier molecular flexibility index (Phi) is 3.89. The van der Waals surface area contributed by atoms with Crippen LogP contribution in [0.1, 0.15) is 41.4 Å². The van der Waals surface area contributed by atoms with Crippen LogP contribution in [-0.4, -0.2) is 49.4 Å². The number of hydrogen-bond donors (Lipinski definition) is 2. The summed E-state index contributed by atoms with van der Waals surface area (Å²) >= 11 is 0. The number of nitrogens with one attached hydrogen (secondary N) is 1. The highest BCUT2D eigenvalue weighted by molar-refractivity contribution is 5.94. The summed E-state index contributed by atoms with van der Waals surface area (Å²) in [5.74, 6) is -0.107. The molecule has 1 amide bonds. The molecule has 1 atom stereocenters. The van der Waals surface area contributed by atoms with E-state index in [0.29, 0.717) is 24.2 Å². The molecule has 1 fully saturated rings. The highest BCUT2D eigenvalue weighted by Gasteiger charge is 2.39. The molecule has 0 aromatic carbocycles. The third-order valence-corrected chi connectivity index (χ3v) is 4.10. The number of nitrogens with zero attached hydrogens (tertiary/aromatic N) is 4.